The lowest BCUT2D eigenvalue weighted by molar-refractivity contribution is -0.155. The molecule has 64 heavy (non-hydrogen) atoms. The fourth-order valence-electron chi connectivity index (χ4n) is 9.17. The number of fused-ring (bicyclic) bond motifs is 6. The summed E-state index contributed by atoms with van der Waals surface area (Å²) >= 11 is 1.37. The average molecular weight is 893 g/mol. The van der Waals surface area contributed by atoms with E-state index in [2.05, 4.69) is 32.4 Å². The Balaban J connectivity index is 1.26. The summed E-state index contributed by atoms with van der Waals surface area (Å²) < 4.78 is 8.12. The van der Waals surface area contributed by atoms with Crippen molar-refractivity contribution in [2.45, 2.75) is 116 Å². The van der Waals surface area contributed by atoms with Crippen molar-refractivity contribution >= 4 is 52.0 Å². The van der Waals surface area contributed by atoms with Gasteiger partial charge in [-0.3, -0.25) is 29.2 Å². The number of esters is 1. The summed E-state index contributed by atoms with van der Waals surface area (Å²) in [4.78, 5) is 82.8. The Kier molecular flexibility index (Phi) is 12.9. The van der Waals surface area contributed by atoms with Crippen molar-refractivity contribution in [1.82, 2.24) is 45.0 Å². The Morgan fingerprint density at radius 1 is 1.09 bits per heavy atom. The van der Waals surface area contributed by atoms with E-state index < -0.39 is 46.9 Å². The number of likely N-dealkylation sites (N-methyl/N-ethyl adjacent to an activating group) is 3. The van der Waals surface area contributed by atoms with Crippen LogP contribution in [0.4, 0.5) is 4.79 Å². The number of nitrogens with zero attached hydrogens (tertiary/aromatic N) is 8. The van der Waals surface area contributed by atoms with Gasteiger partial charge in [0.25, 0.3) is 5.91 Å². The molecule has 1 aliphatic carbocycles. The van der Waals surface area contributed by atoms with Crippen LogP contribution in [0.3, 0.4) is 0 Å². The number of nitrogens with one attached hydrogen (secondary N) is 2. The highest BCUT2D eigenvalue weighted by Crippen LogP contribution is 2.43. The highest BCUT2D eigenvalue weighted by molar-refractivity contribution is 7.10. The maximum atomic E-state index is 14.6. The van der Waals surface area contributed by atoms with Gasteiger partial charge in [0.05, 0.1) is 46.7 Å². The predicted octanol–water partition coefficient (Wildman–Crippen LogP) is 5.36. The first kappa shape index (κ1) is 46.1. The number of hydrogen-bond acceptors (Lipinski definition) is 11. The molecule has 5 heterocycles. The summed E-state index contributed by atoms with van der Waals surface area (Å²) in [6.45, 7) is 13.4. The van der Waals surface area contributed by atoms with Gasteiger partial charge in [-0.25, -0.2) is 15.2 Å². The van der Waals surface area contributed by atoms with Gasteiger partial charge in [-0.2, -0.15) is 5.26 Å². The van der Waals surface area contributed by atoms with E-state index in [4.69, 9.17) is 9.72 Å². The molecule has 7 rings (SSSR count). The molecule has 5 atom stereocenters. The van der Waals surface area contributed by atoms with Crippen molar-refractivity contribution in [1.29, 1.82) is 5.26 Å². The molecule has 1 saturated heterocycles. The number of pyridine rings is 1. The number of amides is 5. The Hall–Kier alpha value is -5.86. The quantitative estimate of drug-likeness (QED) is 0.218. The number of cyclic esters (lactones) is 1. The summed E-state index contributed by atoms with van der Waals surface area (Å²) in [6, 6.07) is 8.93. The molecule has 1 aromatic carbocycles. The summed E-state index contributed by atoms with van der Waals surface area (Å²) in [5.41, 5.74) is 6.66. The molecule has 17 heteroatoms. The van der Waals surface area contributed by atoms with Crippen molar-refractivity contribution < 1.29 is 28.7 Å². The fourth-order valence-corrected chi connectivity index (χ4v) is 10.0. The minimum Gasteiger partial charge on any atom is -0.464 e. The number of aromatic nitrogens is 3. The third-order valence-corrected chi connectivity index (χ3v) is 13.7. The summed E-state index contributed by atoms with van der Waals surface area (Å²) in [6.07, 6.45) is 5.67. The van der Waals surface area contributed by atoms with E-state index in [1.807, 2.05) is 71.2 Å². The zero-order valence-corrected chi connectivity index (χ0v) is 39.3. The van der Waals surface area contributed by atoms with E-state index in [1.54, 1.807) is 43.3 Å². The van der Waals surface area contributed by atoms with E-state index in [1.165, 1.54) is 28.2 Å². The first-order valence-corrected chi connectivity index (χ1v) is 22.8. The van der Waals surface area contributed by atoms with Gasteiger partial charge < -0.3 is 29.3 Å². The van der Waals surface area contributed by atoms with Gasteiger partial charge in [0.1, 0.15) is 23.7 Å². The number of rotatable bonds is 8. The molecular formula is C47H60N10O6S. The number of urea groups is 1. The molecule has 3 aliphatic rings. The summed E-state index contributed by atoms with van der Waals surface area (Å²) in [5, 5.41) is 18.4. The van der Waals surface area contributed by atoms with Crippen molar-refractivity contribution in [3.05, 3.63) is 58.7 Å². The molecule has 3 aromatic heterocycles. The molecule has 2 aliphatic heterocycles. The average Bonchev–Trinajstić information content (AvgIpc) is 3.82. The number of carbonyl (C=O) groups excluding carboxylic acids is 5. The molecule has 16 nitrogen and oxygen atoms in total. The van der Waals surface area contributed by atoms with Crippen LogP contribution in [-0.4, -0.2) is 128 Å². The third kappa shape index (κ3) is 9.21. The number of nitriles is 1. The largest absolute Gasteiger partial charge is 0.464 e. The van der Waals surface area contributed by atoms with Gasteiger partial charge in [0.15, 0.2) is 0 Å². The van der Waals surface area contributed by atoms with E-state index in [-0.39, 0.29) is 43.0 Å². The van der Waals surface area contributed by atoms with Crippen LogP contribution in [0, 0.1) is 22.7 Å². The predicted molar refractivity (Wildman–Crippen MR) is 243 cm³/mol. The number of thiazole rings is 1. The zero-order valence-electron chi connectivity index (χ0n) is 38.5. The van der Waals surface area contributed by atoms with E-state index in [0.29, 0.717) is 42.9 Å². The highest BCUT2D eigenvalue weighted by atomic mass is 32.1. The minimum absolute atomic E-state index is 0.0472. The molecule has 0 radical (unpaired) electrons. The van der Waals surface area contributed by atoms with Crippen LogP contribution in [0.1, 0.15) is 78.3 Å². The second-order valence-corrected chi connectivity index (χ2v) is 20.1. The molecule has 340 valence electrons. The smallest absolute Gasteiger partial charge is 0.324 e. The fraction of sp³-hybridized carbons (Fsp3) is 0.532. The standard InChI is InChI=1S/C47H60N10O6S/c1-27(2)40(55(10)45(62)54(9)38-21-37(38)53(8)28(3)58)42(59)51-34-20-39-50-35(24-64-39)29-15-16-36-31(19-29)32(41(30-13-11-17-49-23-30)57(36)47(6,7)25-48)22-46(4,5)26-63-44(61)33-14-12-18-56(52-33)43(34)60/h11,13,15-17,19,23-24,27,33-34,37-38,40,52H,12,14,18,20-22,26H2,1-10H3,(H,51,59)/t33-,34?,37?,38+,40-/m0/s1. The van der Waals surface area contributed by atoms with E-state index >= 15 is 0 Å². The van der Waals surface area contributed by atoms with E-state index in [9.17, 15) is 29.2 Å². The van der Waals surface area contributed by atoms with Gasteiger partial charge in [-0.05, 0) is 75.3 Å². The first-order valence-electron chi connectivity index (χ1n) is 21.9. The van der Waals surface area contributed by atoms with Crippen LogP contribution in [0.2, 0.25) is 0 Å². The van der Waals surface area contributed by atoms with Crippen molar-refractivity contribution in [3.8, 4) is 28.6 Å². The van der Waals surface area contributed by atoms with Crippen LogP contribution in [0.5, 0.6) is 0 Å². The summed E-state index contributed by atoms with van der Waals surface area (Å²) in [7, 11) is 4.97. The highest BCUT2D eigenvalue weighted by Gasteiger charge is 2.48. The van der Waals surface area contributed by atoms with Crippen LogP contribution < -0.4 is 10.7 Å². The van der Waals surface area contributed by atoms with Gasteiger partial charge in [-0.1, -0.05) is 33.8 Å². The second kappa shape index (κ2) is 18.0. The SMILES string of the molecule is CC(=O)N(C)C1C[C@H]1N(C)C(=O)N(C)[C@H](C(=O)NC1Cc2nc(cs2)-c2ccc3c(c2)c(c(-c2cccnc2)n3C(C)(C)C#N)CC(C)(C)COC(=O)[C@@H]2CCCN(N2)C1=O)C(C)C. The lowest BCUT2D eigenvalue weighted by Crippen LogP contribution is -2.62. The van der Waals surface area contributed by atoms with Crippen molar-refractivity contribution in [2.75, 3.05) is 34.3 Å². The Morgan fingerprint density at radius 2 is 1.83 bits per heavy atom. The van der Waals surface area contributed by atoms with Gasteiger partial charge >= 0.3 is 12.0 Å². The minimum atomic E-state index is -1.11. The van der Waals surface area contributed by atoms with Crippen LogP contribution in [0.25, 0.3) is 33.4 Å². The van der Waals surface area contributed by atoms with Gasteiger partial charge in [0.2, 0.25) is 11.8 Å². The molecule has 6 bridgehead atoms. The maximum absolute atomic E-state index is 14.6. The first-order chi connectivity index (χ1) is 30.2. The zero-order chi connectivity index (χ0) is 46.4. The number of hydrogen-bond donors (Lipinski definition) is 2. The van der Waals surface area contributed by atoms with Crippen LogP contribution in [0.15, 0.2) is 48.1 Å². The maximum Gasteiger partial charge on any atom is 0.324 e. The lowest BCUT2D eigenvalue weighted by atomic mass is 9.84. The molecule has 2 fully saturated rings. The van der Waals surface area contributed by atoms with Gasteiger partial charge in [-0.15, -0.1) is 11.3 Å². The molecule has 4 aromatic rings. The topological polar surface area (TPSA) is 186 Å². The molecule has 1 saturated carbocycles. The molecule has 0 spiro atoms. The molecule has 2 N–H and O–H groups in total. The van der Waals surface area contributed by atoms with Crippen LogP contribution in [-0.2, 0) is 42.3 Å². The number of ether oxygens (including phenoxy) is 1. The summed E-state index contributed by atoms with van der Waals surface area (Å²) in [5.74, 6) is -1.86. The Morgan fingerprint density at radius 3 is 2.50 bits per heavy atom. The number of benzene rings is 1. The number of carbonyl (C=O) groups is 5. The molecular weight excluding hydrogens is 833 g/mol. The normalized spacial score (nSPS) is 21.6. The monoisotopic (exact) mass is 892 g/mol. The third-order valence-electron chi connectivity index (χ3n) is 12.8. The number of hydrazine groups is 1. The Labute approximate surface area is 378 Å². The Bertz CT molecular complexity index is 2490. The second-order valence-electron chi connectivity index (χ2n) is 19.2. The van der Waals surface area contributed by atoms with Crippen molar-refractivity contribution in [3.63, 3.8) is 0 Å². The molecule has 5 amide bonds. The molecule has 2 unspecified atom stereocenters. The van der Waals surface area contributed by atoms with Gasteiger partial charge in [0, 0.05) is 80.7 Å². The van der Waals surface area contributed by atoms with E-state index in [0.717, 1.165) is 33.3 Å². The van der Waals surface area contributed by atoms with Crippen LogP contribution >= 0.6 is 11.3 Å². The lowest BCUT2D eigenvalue weighted by Gasteiger charge is -2.37. The van der Waals surface area contributed by atoms with Crippen molar-refractivity contribution in [2.24, 2.45) is 11.3 Å².